The van der Waals surface area contributed by atoms with E-state index in [9.17, 15) is 4.79 Å². The molecule has 0 N–H and O–H groups in total. The van der Waals surface area contributed by atoms with Crippen molar-refractivity contribution in [1.29, 1.82) is 0 Å². The Bertz CT molecular complexity index is 821. The number of carbonyl (C=O) groups is 1. The van der Waals surface area contributed by atoms with Crippen LogP contribution in [0.25, 0.3) is 0 Å². The lowest BCUT2D eigenvalue weighted by molar-refractivity contribution is -0.120. The summed E-state index contributed by atoms with van der Waals surface area (Å²) in [5, 5.41) is 0. The van der Waals surface area contributed by atoms with Crippen LogP contribution in [0, 0.1) is 0 Å². The summed E-state index contributed by atoms with van der Waals surface area (Å²) in [6.45, 7) is 0.752. The molecule has 1 fully saturated rings. The molecule has 4 rings (SSSR count). The molecule has 0 spiro atoms. The van der Waals surface area contributed by atoms with E-state index >= 15 is 0 Å². The minimum Gasteiger partial charge on any atom is -0.493 e. The van der Waals surface area contributed by atoms with Gasteiger partial charge in [0.25, 0.3) is 5.91 Å². The number of thioether (sulfide) groups is 2. The first kappa shape index (κ1) is 18.6. The van der Waals surface area contributed by atoms with E-state index in [0.717, 1.165) is 25.1 Å². The number of ether oxygens (including phenoxy) is 2. The van der Waals surface area contributed by atoms with Crippen molar-refractivity contribution in [2.45, 2.75) is 17.4 Å². The Morgan fingerprint density at radius 1 is 1.15 bits per heavy atom. The fourth-order valence-electron chi connectivity index (χ4n) is 3.51. The third-order valence-electron chi connectivity index (χ3n) is 4.84. The molecule has 0 atom stereocenters. The molecule has 2 aromatic carbocycles. The number of rotatable bonds is 5. The molecule has 2 aromatic rings. The second-order valence-corrected chi connectivity index (χ2v) is 9.27. The van der Waals surface area contributed by atoms with Gasteiger partial charge in [-0.25, -0.2) is 0 Å². The summed E-state index contributed by atoms with van der Waals surface area (Å²) in [7, 11) is 1.64. The minimum atomic E-state index is -0.0183. The molecular weight excluding hydrogens is 378 g/mol. The summed E-state index contributed by atoms with van der Waals surface area (Å²) in [6, 6.07) is 14.1. The van der Waals surface area contributed by atoms with Gasteiger partial charge in [-0.1, -0.05) is 24.3 Å². The van der Waals surface area contributed by atoms with Crippen LogP contribution in [-0.4, -0.2) is 37.7 Å². The summed E-state index contributed by atoms with van der Waals surface area (Å²) in [4.78, 5) is 14.6. The molecule has 1 amide bonds. The first-order chi connectivity index (χ1) is 13.3. The number of nitrogens with zero attached hydrogens (tertiary/aromatic N) is 1. The summed E-state index contributed by atoms with van der Waals surface area (Å²) >= 11 is 3.91. The third kappa shape index (κ3) is 4.06. The lowest BCUT2D eigenvalue weighted by Crippen LogP contribution is -2.38. The number of benzene rings is 2. The number of hydrogen-bond donors (Lipinski definition) is 0. The van der Waals surface area contributed by atoms with Crippen molar-refractivity contribution in [3.05, 3.63) is 53.6 Å². The zero-order chi connectivity index (χ0) is 18.6. The summed E-state index contributed by atoms with van der Waals surface area (Å²) in [5.41, 5.74) is 3.48. The van der Waals surface area contributed by atoms with E-state index in [4.69, 9.17) is 9.47 Å². The van der Waals surface area contributed by atoms with E-state index in [2.05, 4.69) is 12.1 Å². The maximum Gasteiger partial charge on any atom is 0.264 e. The number of aryl methyl sites for hydroxylation is 1. The van der Waals surface area contributed by atoms with Gasteiger partial charge in [0.1, 0.15) is 0 Å². The van der Waals surface area contributed by atoms with Gasteiger partial charge in [-0.2, -0.15) is 0 Å². The standard InChI is InChI=1S/C21H23NO3S2/c1-24-19-13-16(21-26-11-12-27-21)8-9-18(19)25-14-20(23)22-10-4-6-15-5-2-3-7-17(15)22/h2-3,5,7-9,13,21H,4,6,10-12,14H2,1H3. The van der Waals surface area contributed by atoms with Crippen molar-refractivity contribution in [3.8, 4) is 11.5 Å². The van der Waals surface area contributed by atoms with Crippen LogP contribution in [0.5, 0.6) is 11.5 Å². The molecule has 0 saturated carbocycles. The minimum absolute atomic E-state index is 0.0109. The van der Waals surface area contributed by atoms with Crippen molar-refractivity contribution >= 4 is 35.1 Å². The Morgan fingerprint density at radius 3 is 2.78 bits per heavy atom. The number of amides is 1. The molecule has 0 bridgehead atoms. The van der Waals surface area contributed by atoms with Crippen LogP contribution < -0.4 is 14.4 Å². The maximum atomic E-state index is 12.8. The van der Waals surface area contributed by atoms with Gasteiger partial charge in [-0.05, 0) is 42.2 Å². The van der Waals surface area contributed by atoms with Crippen molar-refractivity contribution in [2.75, 3.05) is 36.7 Å². The van der Waals surface area contributed by atoms with Crippen molar-refractivity contribution in [3.63, 3.8) is 0 Å². The highest BCUT2D eigenvalue weighted by molar-refractivity contribution is 8.19. The number of hydrogen-bond acceptors (Lipinski definition) is 5. The van der Waals surface area contributed by atoms with Gasteiger partial charge in [0.05, 0.1) is 11.7 Å². The first-order valence-corrected chi connectivity index (χ1v) is 11.3. The zero-order valence-corrected chi connectivity index (χ0v) is 17.0. The van der Waals surface area contributed by atoms with Gasteiger partial charge < -0.3 is 14.4 Å². The topological polar surface area (TPSA) is 38.8 Å². The monoisotopic (exact) mass is 401 g/mol. The smallest absolute Gasteiger partial charge is 0.264 e. The van der Waals surface area contributed by atoms with Crippen molar-refractivity contribution < 1.29 is 14.3 Å². The molecule has 6 heteroatoms. The van der Waals surface area contributed by atoms with Crippen LogP contribution in [0.1, 0.15) is 22.1 Å². The fourth-order valence-corrected chi connectivity index (χ4v) is 6.35. The van der Waals surface area contributed by atoms with Gasteiger partial charge in [-0.3, -0.25) is 4.79 Å². The average Bonchev–Trinajstić information content (AvgIpc) is 3.26. The highest BCUT2D eigenvalue weighted by Crippen LogP contribution is 2.46. The first-order valence-electron chi connectivity index (χ1n) is 9.18. The van der Waals surface area contributed by atoms with E-state index in [0.29, 0.717) is 16.1 Å². The summed E-state index contributed by atoms with van der Waals surface area (Å²) in [6.07, 6.45) is 2.00. The lowest BCUT2D eigenvalue weighted by Gasteiger charge is -2.29. The molecule has 2 heterocycles. The zero-order valence-electron chi connectivity index (χ0n) is 15.3. The molecule has 2 aliphatic heterocycles. The molecule has 0 unspecified atom stereocenters. The van der Waals surface area contributed by atoms with E-state index < -0.39 is 0 Å². The predicted octanol–water partition coefficient (Wildman–Crippen LogP) is 4.53. The molecular formula is C21H23NO3S2. The van der Waals surface area contributed by atoms with Gasteiger partial charge >= 0.3 is 0 Å². The summed E-state index contributed by atoms with van der Waals surface area (Å²) in [5.74, 6) is 3.65. The number of methoxy groups -OCH3 is 1. The van der Waals surface area contributed by atoms with Gasteiger partial charge in [0.2, 0.25) is 0 Å². The Balaban J connectivity index is 1.45. The van der Waals surface area contributed by atoms with E-state index in [1.165, 1.54) is 22.6 Å². The highest BCUT2D eigenvalue weighted by Gasteiger charge is 2.23. The molecule has 2 aliphatic rings. The lowest BCUT2D eigenvalue weighted by atomic mass is 10.0. The fraction of sp³-hybridized carbons (Fsp3) is 0.381. The van der Waals surface area contributed by atoms with Gasteiger partial charge in [-0.15, -0.1) is 23.5 Å². The maximum absolute atomic E-state index is 12.8. The Kier molecular flexibility index (Phi) is 5.83. The second kappa shape index (κ2) is 8.48. The van der Waals surface area contributed by atoms with Crippen molar-refractivity contribution in [2.24, 2.45) is 0 Å². The van der Waals surface area contributed by atoms with Crippen LogP contribution in [0.4, 0.5) is 5.69 Å². The van der Waals surface area contributed by atoms with Gasteiger partial charge in [0.15, 0.2) is 18.1 Å². The molecule has 0 radical (unpaired) electrons. The number of para-hydroxylation sites is 1. The van der Waals surface area contributed by atoms with Crippen LogP contribution in [0.15, 0.2) is 42.5 Å². The average molecular weight is 402 g/mol. The molecule has 0 aromatic heterocycles. The Labute approximate surface area is 168 Å². The second-order valence-electron chi connectivity index (χ2n) is 6.55. The van der Waals surface area contributed by atoms with E-state index in [-0.39, 0.29) is 12.5 Å². The van der Waals surface area contributed by atoms with Crippen LogP contribution in [-0.2, 0) is 11.2 Å². The van der Waals surface area contributed by atoms with E-state index in [1.54, 1.807) is 7.11 Å². The highest BCUT2D eigenvalue weighted by atomic mass is 32.2. The van der Waals surface area contributed by atoms with Crippen molar-refractivity contribution in [1.82, 2.24) is 0 Å². The molecule has 27 heavy (non-hydrogen) atoms. The molecule has 4 nitrogen and oxygen atoms in total. The number of fused-ring (bicyclic) bond motifs is 1. The molecule has 1 saturated heterocycles. The third-order valence-corrected chi connectivity index (χ3v) is 7.95. The largest absolute Gasteiger partial charge is 0.493 e. The number of carbonyl (C=O) groups excluding carboxylic acids is 1. The van der Waals surface area contributed by atoms with E-state index in [1.807, 2.05) is 58.8 Å². The Hall–Kier alpha value is -1.79. The van der Waals surface area contributed by atoms with Crippen LogP contribution in [0.2, 0.25) is 0 Å². The van der Waals surface area contributed by atoms with Crippen LogP contribution >= 0.6 is 23.5 Å². The Morgan fingerprint density at radius 2 is 1.96 bits per heavy atom. The number of anilines is 1. The van der Waals surface area contributed by atoms with Gasteiger partial charge in [0, 0.05) is 23.7 Å². The normalized spacial score (nSPS) is 16.9. The SMILES string of the molecule is COc1cc(C2SCCS2)ccc1OCC(=O)N1CCCc2ccccc21. The van der Waals surface area contributed by atoms with Crippen LogP contribution in [0.3, 0.4) is 0 Å². The predicted molar refractivity (Wildman–Crippen MR) is 113 cm³/mol. The molecule has 0 aliphatic carbocycles. The molecule has 142 valence electrons. The summed E-state index contributed by atoms with van der Waals surface area (Å²) < 4.78 is 11.8. The quantitative estimate of drug-likeness (QED) is 0.736.